The van der Waals surface area contributed by atoms with Gasteiger partial charge in [-0.3, -0.25) is 25.0 Å². The lowest BCUT2D eigenvalue weighted by Gasteiger charge is -2.09. The molecular formula is C23H15ClFN5O7. The van der Waals surface area contributed by atoms with E-state index in [0.29, 0.717) is 10.8 Å². The number of hydrogen-bond acceptors (Lipinski definition) is 8. The van der Waals surface area contributed by atoms with Crippen LogP contribution in [0.5, 0.6) is 17.2 Å². The topological polar surface area (TPSA) is 152 Å². The molecule has 0 aliphatic rings. The van der Waals surface area contributed by atoms with E-state index in [2.05, 4.69) is 10.4 Å². The molecule has 1 N–H and O–H groups in total. The van der Waals surface area contributed by atoms with E-state index in [4.69, 9.17) is 21.1 Å². The number of aromatic nitrogens is 2. The Balaban J connectivity index is 1.47. The van der Waals surface area contributed by atoms with Crippen LogP contribution in [0.3, 0.4) is 0 Å². The molecule has 4 rings (SSSR count). The molecular weight excluding hydrogens is 513 g/mol. The van der Waals surface area contributed by atoms with Crippen LogP contribution in [0.2, 0.25) is 5.02 Å². The first kappa shape index (κ1) is 25.1. The molecule has 0 aliphatic heterocycles. The number of anilines is 1. The molecule has 1 amide bonds. The van der Waals surface area contributed by atoms with Crippen LogP contribution < -0.4 is 14.8 Å². The minimum Gasteiger partial charge on any atom is -0.464 e. The van der Waals surface area contributed by atoms with E-state index < -0.39 is 27.3 Å². The fourth-order valence-electron chi connectivity index (χ4n) is 3.10. The van der Waals surface area contributed by atoms with Crippen molar-refractivity contribution in [3.05, 3.63) is 110 Å². The Labute approximate surface area is 212 Å². The number of carbonyl (C=O) groups is 1. The average Bonchev–Trinajstić information content (AvgIpc) is 3.33. The van der Waals surface area contributed by atoms with Gasteiger partial charge in [-0.05, 0) is 36.4 Å². The molecule has 0 bridgehead atoms. The molecule has 1 aromatic heterocycles. The molecule has 0 atom stereocenters. The second kappa shape index (κ2) is 10.7. The van der Waals surface area contributed by atoms with Gasteiger partial charge in [-0.15, -0.1) is 0 Å². The van der Waals surface area contributed by atoms with Gasteiger partial charge >= 0.3 is 5.69 Å². The molecule has 14 heteroatoms. The monoisotopic (exact) mass is 527 g/mol. The summed E-state index contributed by atoms with van der Waals surface area (Å²) in [4.78, 5) is 33.8. The predicted molar refractivity (Wildman–Crippen MR) is 128 cm³/mol. The Morgan fingerprint density at radius 2 is 1.76 bits per heavy atom. The fraction of sp³-hybridized carbons (Fsp3) is 0.0435. The lowest BCUT2D eigenvalue weighted by molar-refractivity contribution is -0.386. The van der Waals surface area contributed by atoms with Crippen LogP contribution in [-0.2, 0) is 6.73 Å². The largest absolute Gasteiger partial charge is 0.464 e. The number of hydrogen-bond donors (Lipinski definition) is 1. The third-order valence-corrected chi connectivity index (χ3v) is 5.01. The third kappa shape index (κ3) is 6.35. The summed E-state index contributed by atoms with van der Waals surface area (Å²) in [5, 5.41) is 29.5. The van der Waals surface area contributed by atoms with Crippen molar-refractivity contribution in [2.24, 2.45) is 0 Å². The first-order valence-corrected chi connectivity index (χ1v) is 10.7. The van der Waals surface area contributed by atoms with Crippen LogP contribution in [-0.4, -0.2) is 25.5 Å². The summed E-state index contributed by atoms with van der Waals surface area (Å²) in [7, 11) is 0. The Morgan fingerprint density at radius 3 is 2.46 bits per heavy atom. The molecule has 37 heavy (non-hydrogen) atoms. The summed E-state index contributed by atoms with van der Waals surface area (Å²) >= 11 is 5.85. The van der Waals surface area contributed by atoms with E-state index in [-0.39, 0.29) is 35.3 Å². The van der Waals surface area contributed by atoms with Crippen molar-refractivity contribution in [1.29, 1.82) is 0 Å². The van der Waals surface area contributed by atoms with Gasteiger partial charge < -0.3 is 14.8 Å². The Kier molecular flexibility index (Phi) is 7.25. The Bertz CT molecular complexity index is 1490. The van der Waals surface area contributed by atoms with E-state index in [1.165, 1.54) is 24.4 Å². The maximum Gasteiger partial charge on any atom is 0.311 e. The highest BCUT2D eigenvalue weighted by molar-refractivity contribution is 6.30. The first-order valence-electron chi connectivity index (χ1n) is 10.3. The quantitative estimate of drug-likeness (QED) is 0.219. The normalized spacial score (nSPS) is 10.5. The maximum absolute atomic E-state index is 13.5. The molecule has 3 aromatic carbocycles. The number of nitrogens with zero attached hydrogens (tertiary/aromatic N) is 4. The molecule has 1 heterocycles. The number of nitro groups is 2. The highest BCUT2D eigenvalue weighted by Crippen LogP contribution is 2.31. The SMILES string of the molecule is O=C(Nc1cc(Oc2ccc(Cl)cc2)cc([N+](=O)[O-])c1)c1ccn(COc2cc(F)ccc2[N+](=O)[O-])n1. The molecule has 0 spiro atoms. The number of benzene rings is 3. The Hall–Kier alpha value is -5.04. The Morgan fingerprint density at radius 1 is 1.00 bits per heavy atom. The molecule has 0 unspecified atom stereocenters. The van der Waals surface area contributed by atoms with Crippen molar-refractivity contribution < 1.29 is 28.5 Å². The van der Waals surface area contributed by atoms with Gasteiger partial charge in [0.25, 0.3) is 11.6 Å². The third-order valence-electron chi connectivity index (χ3n) is 4.75. The summed E-state index contributed by atoms with van der Waals surface area (Å²) < 4.78 is 25.5. The van der Waals surface area contributed by atoms with Crippen molar-refractivity contribution in [1.82, 2.24) is 9.78 Å². The van der Waals surface area contributed by atoms with Gasteiger partial charge in [0.1, 0.15) is 17.3 Å². The van der Waals surface area contributed by atoms with Gasteiger partial charge in [0.2, 0.25) is 5.75 Å². The number of non-ortho nitro benzene ring substituents is 1. The average molecular weight is 528 g/mol. The van der Waals surface area contributed by atoms with E-state index in [1.54, 1.807) is 24.3 Å². The van der Waals surface area contributed by atoms with E-state index in [9.17, 15) is 29.4 Å². The fourth-order valence-corrected chi connectivity index (χ4v) is 3.22. The highest BCUT2D eigenvalue weighted by Gasteiger charge is 2.18. The van der Waals surface area contributed by atoms with Crippen LogP contribution in [0.25, 0.3) is 0 Å². The van der Waals surface area contributed by atoms with E-state index in [1.807, 2.05) is 0 Å². The summed E-state index contributed by atoms with van der Waals surface area (Å²) in [5.74, 6) is -1.26. The summed E-state index contributed by atoms with van der Waals surface area (Å²) in [5.41, 5.74) is -0.764. The van der Waals surface area contributed by atoms with E-state index >= 15 is 0 Å². The van der Waals surface area contributed by atoms with Crippen LogP contribution in [0.1, 0.15) is 10.5 Å². The van der Waals surface area contributed by atoms with Crippen molar-refractivity contribution in [2.75, 3.05) is 5.32 Å². The molecule has 0 fully saturated rings. The standard InChI is InChI=1S/C23H15ClFN5O7/c24-14-1-4-18(5-2-14)37-19-11-16(10-17(12-19)29(32)33)26-23(31)20-7-8-28(27-20)13-36-22-9-15(25)3-6-21(22)30(34)35/h1-12H,13H2,(H,26,31). The van der Waals surface area contributed by atoms with Gasteiger partial charge in [-0.25, -0.2) is 9.07 Å². The number of carbonyl (C=O) groups excluding carboxylic acids is 1. The number of halogens is 2. The van der Waals surface area contributed by atoms with Crippen LogP contribution >= 0.6 is 11.6 Å². The van der Waals surface area contributed by atoms with Crippen molar-refractivity contribution in [3.63, 3.8) is 0 Å². The first-order chi connectivity index (χ1) is 17.7. The summed E-state index contributed by atoms with van der Waals surface area (Å²) in [6.07, 6.45) is 1.36. The maximum atomic E-state index is 13.5. The van der Waals surface area contributed by atoms with Crippen LogP contribution in [0.4, 0.5) is 21.5 Å². The van der Waals surface area contributed by atoms with E-state index in [0.717, 1.165) is 28.9 Å². The zero-order valence-corrected chi connectivity index (χ0v) is 19.3. The number of rotatable bonds is 9. The smallest absolute Gasteiger partial charge is 0.311 e. The number of ether oxygens (including phenoxy) is 2. The molecule has 0 saturated heterocycles. The lowest BCUT2D eigenvalue weighted by atomic mass is 10.2. The molecule has 0 aliphatic carbocycles. The summed E-state index contributed by atoms with van der Waals surface area (Å²) in [6, 6.07) is 14.2. The summed E-state index contributed by atoms with van der Waals surface area (Å²) in [6.45, 7) is -0.354. The second-order valence-corrected chi connectivity index (χ2v) is 7.80. The minimum atomic E-state index is -0.725. The van der Waals surface area contributed by atoms with Crippen molar-refractivity contribution in [3.8, 4) is 17.2 Å². The van der Waals surface area contributed by atoms with Crippen molar-refractivity contribution in [2.45, 2.75) is 6.73 Å². The molecule has 188 valence electrons. The van der Waals surface area contributed by atoms with Crippen LogP contribution in [0.15, 0.2) is 72.9 Å². The van der Waals surface area contributed by atoms with Gasteiger partial charge in [-0.1, -0.05) is 11.6 Å². The van der Waals surface area contributed by atoms with Gasteiger partial charge in [0.15, 0.2) is 12.4 Å². The van der Waals surface area contributed by atoms with Crippen LogP contribution in [0, 0.1) is 26.0 Å². The molecule has 12 nitrogen and oxygen atoms in total. The van der Waals surface area contributed by atoms with Gasteiger partial charge in [0.05, 0.1) is 21.6 Å². The second-order valence-electron chi connectivity index (χ2n) is 7.37. The highest BCUT2D eigenvalue weighted by atomic mass is 35.5. The minimum absolute atomic E-state index is 0.0735. The van der Waals surface area contributed by atoms with Gasteiger partial charge in [0, 0.05) is 35.5 Å². The molecule has 4 aromatic rings. The molecule has 0 saturated carbocycles. The van der Waals surface area contributed by atoms with Gasteiger partial charge in [-0.2, -0.15) is 5.10 Å². The number of nitrogens with one attached hydrogen (secondary N) is 1. The number of amides is 1. The lowest BCUT2D eigenvalue weighted by Crippen LogP contribution is -2.14. The zero-order chi connectivity index (χ0) is 26.5. The van der Waals surface area contributed by atoms with Crippen molar-refractivity contribution >= 4 is 34.6 Å². The zero-order valence-electron chi connectivity index (χ0n) is 18.5. The predicted octanol–water partition coefficient (Wildman–Crippen LogP) is 5.57. The molecule has 0 radical (unpaired) electrons. The number of nitro benzene ring substituents is 2.